The molecule has 140 valence electrons. The number of para-hydroxylation sites is 1. The smallest absolute Gasteiger partial charge is 0.214 e. The summed E-state index contributed by atoms with van der Waals surface area (Å²) in [6.45, 7) is 0. The summed E-state index contributed by atoms with van der Waals surface area (Å²) in [5, 5.41) is 6.89. The number of nitrogens with zero attached hydrogens (tertiary/aromatic N) is 2. The van der Waals surface area contributed by atoms with E-state index in [1.165, 1.54) is 12.1 Å². The number of fused-ring (bicyclic) bond motifs is 3. The van der Waals surface area contributed by atoms with Crippen molar-refractivity contribution in [2.75, 3.05) is 7.11 Å². The Morgan fingerprint density at radius 3 is 2.68 bits per heavy atom. The van der Waals surface area contributed by atoms with Gasteiger partial charge in [-0.3, -0.25) is 0 Å². The molecule has 0 saturated carbocycles. The second kappa shape index (κ2) is 6.68. The van der Waals surface area contributed by atoms with Gasteiger partial charge in [0.15, 0.2) is 0 Å². The van der Waals surface area contributed by atoms with Crippen LogP contribution in [0.15, 0.2) is 77.9 Å². The van der Waals surface area contributed by atoms with E-state index < -0.39 is 0 Å². The monoisotopic (exact) mass is 374 g/mol. The number of hydrazone groups is 1. The number of hydrogen-bond donors (Lipinski definition) is 0. The zero-order valence-electron chi connectivity index (χ0n) is 15.4. The molecule has 2 aliphatic heterocycles. The Labute approximate surface area is 162 Å². The average molecular weight is 374 g/mol. The summed E-state index contributed by atoms with van der Waals surface area (Å²) >= 11 is 0. The highest BCUT2D eigenvalue weighted by Crippen LogP contribution is 2.47. The summed E-state index contributed by atoms with van der Waals surface area (Å²) in [5.74, 6) is 1.40. The van der Waals surface area contributed by atoms with Crippen molar-refractivity contribution < 1.29 is 13.9 Å². The van der Waals surface area contributed by atoms with Crippen molar-refractivity contribution >= 4 is 5.71 Å². The molecule has 0 amide bonds. The summed E-state index contributed by atoms with van der Waals surface area (Å²) in [6.07, 6.45) is 0.389. The van der Waals surface area contributed by atoms with Crippen molar-refractivity contribution in [2.45, 2.75) is 18.7 Å². The first kappa shape index (κ1) is 16.8. The largest absolute Gasteiger partial charge is 0.497 e. The molecule has 0 spiro atoms. The third-order valence-electron chi connectivity index (χ3n) is 5.26. The van der Waals surface area contributed by atoms with E-state index in [1.807, 2.05) is 47.5 Å². The van der Waals surface area contributed by atoms with Gasteiger partial charge >= 0.3 is 0 Å². The van der Waals surface area contributed by atoms with Crippen molar-refractivity contribution in [2.24, 2.45) is 5.10 Å². The minimum Gasteiger partial charge on any atom is -0.497 e. The van der Waals surface area contributed by atoms with Gasteiger partial charge < -0.3 is 9.47 Å². The molecule has 2 heterocycles. The van der Waals surface area contributed by atoms with Crippen LogP contribution in [0.2, 0.25) is 0 Å². The Morgan fingerprint density at radius 1 is 1.04 bits per heavy atom. The highest BCUT2D eigenvalue weighted by Gasteiger charge is 2.40. The molecule has 5 rings (SSSR count). The Balaban J connectivity index is 1.59. The van der Waals surface area contributed by atoms with Gasteiger partial charge in [0, 0.05) is 17.5 Å². The molecule has 3 aromatic carbocycles. The van der Waals surface area contributed by atoms with Crippen LogP contribution in [0, 0.1) is 5.82 Å². The second-order valence-corrected chi connectivity index (χ2v) is 6.94. The van der Waals surface area contributed by atoms with Gasteiger partial charge in [-0.05, 0) is 35.9 Å². The number of ether oxygens (including phenoxy) is 2. The lowest BCUT2D eigenvalue weighted by atomic mass is 9.96. The van der Waals surface area contributed by atoms with Crippen LogP contribution in [0.5, 0.6) is 11.5 Å². The maximum absolute atomic E-state index is 13.3. The lowest BCUT2D eigenvalue weighted by Gasteiger charge is -2.38. The Bertz CT molecular complexity index is 1050. The molecule has 2 atom stereocenters. The summed E-state index contributed by atoms with van der Waals surface area (Å²) in [4.78, 5) is 0. The molecule has 0 aliphatic carbocycles. The summed E-state index contributed by atoms with van der Waals surface area (Å²) in [7, 11) is 1.65. The van der Waals surface area contributed by atoms with Crippen LogP contribution in [0.25, 0.3) is 0 Å². The SMILES string of the molecule is COc1cccc([C@H]2Oc3ccccc3[C@@H]3CC(c4ccc(F)cc4)=NN23)c1. The number of rotatable bonds is 3. The lowest BCUT2D eigenvalue weighted by Crippen LogP contribution is -2.33. The minimum atomic E-state index is -0.354. The normalized spacial score (nSPS) is 20.1. The van der Waals surface area contributed by atoms with Crippen LogP contribution in [0.3, 0.4) is 0 Å². The highest BCUT2D eigenvalue weighted by atomic mass is 19.1. The summed E-state index contributed by atoms with van der Waals surface area (Å²) in [5.41, 5.74) is 3.95. The molecule has 0 radical (unpaired) electrons. The van der Waals surface area contributed by atoms with Crippen molar-refractivity contribution in [3.8, 4) is 11.5 Å². The van der Waals surface area contributed by atoms with Crippen molar-refractivity contribution in [1.29, 1.82) is 0 Å². The lowest BCUT2D eigenvalue weighted by molar-refractivity contribution is -0.0191. The molecule has 2 aliphatic rings. The van der Waals surface area contributed by atoms with E-state index >= 15 is 0 Å². The van der Waals surface area contributed by atoms with E-state index in [-0.39, 0.29) is 18.1 Å². The van der Waals surface area contributed by atoms with Crippen molar-refractivity contribution in [1.82, 2.24) is 5.01 Å². The van der Waals surface area contributed by atoms with Gasteiger partial charge in [-0.25, -0.2) is 9.40 Å². The van der Waals surface area contributed by atoms with Gasteiger partial charge in [-0.15, -0.1) is 0 Å². The number of hydrogen-bond acceptors (Lipinski definition) is 4. The quantitative estimate of drug-likeness (QED) is 0.641. The van der Waals surface area contributed by atoms with Gasteiger partial charge in [0.2, 0.25) is 6.23 Å². The van der Waals surface area contributed by atoms with Crippen LogP contribution in [0.1, 0.15) is 35.4 Å². The molecule has 4 nitrogen and oxygen atoms in total. The van der Waals surface area contributed by atoms with Crippen molar-refractivity contribution in [3.63, 3.8) is 0 Å². The van der Waals surface area contributed by atoms with E-state index in [9.17, 15) is 4.39 Å². The standard InChI is InChI=1S/C23H19FN2O2/c1-27-18-6-4-5-16(13-18)23-26-21(19-7-2-3-8-22(19)28-23)14-20(25-26)15-9-11-17(24)12-10-15/h2-13,21,23H,14H2,1H3/t21-,23+/m0/s1. The van der Waals surface area contributed by atoms with E-state index in [0.717, 1.165) is 40.3 Å². The third kappa shape index (κ3) is 2.80. The molecule has 0 bridgehead atoms. The van der Waals surface area contributed by atoms with Crippen LogP contribution in [-0.4, -0.2) is 17.8 Å². The van der Waals surface area contributed by atoms with E-state index in [4.69, 9.17) is 14.6 Å². The number of halogens is 1. The first-order valence-electron chi connectivity index (χ1n) is 9.24. The second-order valence-electron chi connectivity index (χ2n) is 6.94. The van der Waals surface area contributed by atoms with Crippen molar-refractivity contribution in [3.05, 3.63) is 95.3 Å². The average Bonchev–Trinajstić information content (AvgIpc) is 3.19. The molecule has 0 saturated heterocycles. The van der Waals surface area contributed by atoms with E-state index in [0.29, 0.717) is 0 Å². The van der Waals surface area contributed by atoms with Crippen LogP contribution >= 0.6 is 0 Å². The molecule has 0 N–H and O–H groups in total. The molecule has 0 fully saturated rings. The Hall–Kier alpha value is -3.34. The zero-order chi connectivity index (χ0) is 19.1. The first-order chi connectivity index (χ1) is 13.7. The highest BCUT2D eigenvalue weighted by molar-refractivity contribution is 6.01. The topological polar surface area (TPSA) is 34.1 Å². The van der Waals surface area contributed by atoms with Gasteiger partial charge in [-0.2, -0.15) is 5.10 Å². The number of benzene rings is 3. The van der Waals surface area contributed by atoms with Gasteiger partial charge in [0.25, 0.3) is 0 Å². The fourth-order valence-corrected chi connectivity index (χ4v) is 3.87. The fourth-order valence-electron chi connectivity index (χ4n) is 3.87. The fraction of sp³-hybridized carbons (Fsp3) is 0.174. The Morgan fingerprint density at radius 2 is 1.86 bits per heavy atom. The molecular weight excluding hydrogens is 355 g/mol. The van der Waals surface area contributed by atoms with Crippen LogP contribution in [-0.2, 0) is 0 Å². The summed E-state index contributed by atoms with van der Waals surface area (Å²) in [6, 6.07) is 22.5. The molecule has 3 aromatic rings. The predicted molar refractivity (Wildman–Crippen MR) is 105 cm³/mol. The van der Waals surface area contributed by atoms with Gasteiger partial charge in [-0.1, -0.05) is 42.5 Å². The molecule has 0 aromatic heterocycles. The minimum absolute atomic E-state index is 0.0706. The summed E-state index contributed by atoms with van der Waals surface area (Å²) < 4.78 is 25.1. The van der Waals surface area contributed by atoms with Crippen LogP contribution in [0.4, 0.5) is 4.39 Å². The molecule has 28 heavy (non-hydrogen) atoms. The van der Waals surface area contributed by atoms with Gasteiger partial charge in [0.1, 0.15) is 17.3 Å². The maximum Gasteiger partial charge on any atom is 0.214 e. The number of methoxy groups -OCH3 is 1. The zero-order valence-corrected chi connectivity index (χ0v) is 15.4. The third-order valence-corrected chi connectivity index (χ3v) is 5.26. The maximum atomic E-state index is 13.3. The molecule has 5 heteroatoms. The molecule has 0 unspecified atom stereocenters. The Kier molecular flexibility index (Phi) is 4.01. The van der Waals surface area contributed by atoms with Crippen LogP contribution < -0.4 is 9.47 Å². The van der Waals surface area contributed by atoms with E-state index in [2.05, 4.69) is 6.07 Å². The van der Waals surface area contributed by atoms with E-state index in [1.54, 1.807) is 19.2 Å². The first-order valence-corrected chi connectivity index (χ1v) is 9.24. The van der Waals surface area contributed by atoms with Gasteiger partial charge in [0.05, 0.1) is 18.9 Å². The molecular formula is C23H19FN2O2. The predicted octanol–water partition coefficient (Wildman–Crippen LogP) is 5.08.